The zero-order chi connectivity index (χ0) is 25.6. The third-order valence-corrected chi connectivity index (χ3v) is 6.43. The van der Waals surface area contributed by atoms with Crippen LogP contribution in [0.5, 0.6) is 0 Å². The Hall–Kier alpha value is -4.60. The molecule has 10 heteroatoms. The molecule has 8 nitrogen and oxygen atoms in total. The van der Waals surface area contributed by atoms with E-state index in [1.165, 1.54) is 48.5 Å². The van der Waals surface area contributed by atoms with Crippen molar-refractivity contribution in [2.45, 2.75) is 19.4 Å². The number of fused-ring (bicyclic) bond motifs is 1. The van der Waals surface area contributed by atoms with Gasteiger partial charge in [-0.15, -0.1) is 0 Å². The molecule has 1 saturated carbocycles. The standard InChI is InChI=1S/C26H19F2N3O5/c27-13-1-3-14(4-2-13)30-24(35)26(9-10-26)25(36)31-15-5-6-17(20(28)11-15)16-7-8-18(23(33)34)21-19(16)12-29-22(21)32/h1-8,11H,9-10,12H2,(H,29,32)(H,30,35)(H,31,36)(H,33,34). The number of rotatable bonds is 6. The van der Waals surface area contributed by atoms with E-state index in [0.717, 1.165) is 6.07 Å². The summed E-state index contributed by atoms with van der Waals surface area (Å²) in [6.07, 6.45) is 0.630. The first-order valence-electron chi connectivity index (χ1n) is 11.1. The lowest BCUT2D eigenvalue weighted by molar-refractivity contribution is -0.131. The molecule has 0 spiro atoms. The van der Waals surface area contributed by atoms with Crippen molar-refractivity contribution in [3.63, 3.8) is 0 Å². The van der Waals surface area contributed by atoms with Gasteiger partial charge in [0.05, 0.1) is 11.1 Å². The maximum Gasteiger partial charge on any atom is 0.336 e. The van der Waals surface area contributed by atoms with Crippen LogP contribution in [-0.4, -0.2) is 28.8 Å². The average molecular weight is 491 g/mol. The summed E-state index contributed by atoms with van der Waals surface area (Å²) in [5.41, 5.74) is -0.107. The summed E-state index contributed by atoms with van der Waals surface area (Å²) < 4.78 is 28.2. The van der Waals surface area contributed by atoms with E-state index in [9.17, 15) is 28.7 Å². The summed E-state index contributed by atoms with van der Waals surface area (Å²) in [5.74, 6) is -4.07. The van der Waals surface area contributed by atoms with E-state index in [2.05, 4.69) is 16.0 Å². The molecule has 0 aromatic heterocycles. The Morgan fingerprint density at radius 2 is 1.47 bits per heavy atom. The summed E-state index contributed by atoms with van der Waals surface area (Å²) in [4.78, 5) is 49.2. The fraction of sp³-hybridized carbons (Fsp3) is 0.154. The lowest BCUT2D eigenvalue weighted by atomic mass is 9.93. The third-order valence-electron chi connectivity index (χ3n) is 6.43. The summed E-state index contributed by atoms with van der Waals surface area (Å²) >= 11 is 0. The number of anilines is 2. The molecule has 3 amide bonds. The molecule has 1 fully saturated rings. The highest BCUT2D eigenvalue weighted by Crippen LogP contribution is 2.47. The van der Waals surface area contributed by atoms with Crippen LogP contribution >= 0.6 is 0 Å². The van der Waals surface area contributed by atoms with E-state index in [1.54, 1.807) is 0 Å². The molecule has 0 radical (unpaired) electrons. The van der Waals surface area contributed by atoms with Crippen molar-refractivity contribution < 1.29 is 33.1 Å². The molecule has 3 aromatic rings. The van der Waals surface area contributed by atoms with Crippen molar-refractivity contribution in [3.8, 4) is 11.1 Å². The molecule has 182 valence electrons. The van der Waals surface area contributed by atoms with Crippen LogP contribution in [0.2, 0.25) is 0 Å². The van der Waals surface area contributed by atoms with E-state index in [4.69, 9.17) is 0 Å². The molecule has 36 heavy (non-hydrogen) atoms. The quantitative estimate of drug-likeness (QED) is 0.389. The normalized spacial score (nSPS) is 15.0. The van der Waals surface area contributed by atoms with Crippen LogP contribution in [0.25, 0.3) is 11.1 Å². The number of halogens is 2. The summed E-state index contributed by atoms with van der Waals surface area (Å²) in [7, 11) is 0. The number of carbonyl (C=O) groups excluding carboxylic acids is 3. The molecule has 0 unspecified atom stereocenters. The van der Waals surface area contributed by atoms with Crippen LogP contribution in [-0.2, 0) is 16.1 Å². The van der Waals surface area contributed by atoms with Gasteiger partial charge in [-0.1, -0.05) is 6.07 Å². The van der Waals surface area contributed by atoms with E-state index in [-0.39, 0.29) is 28.9 Å². The Bertz CT molecular complexity index is 1450. The second-order valence-electron chi connectivity index (χ2n) is 8.69. The van der Waals surface area contributed by atoms with Crippen LogP contribution < -0.4 is 16.0 Å². The van der Waals surface area contributed by atoms with E-state index in [0.29, 0.717) is 29.7 Å². The van der Waals surface area contributed by atoms with Crippen LogP contribution in [0.3, 0.4) is 0 Å². The predicted molar refractivity (Wildman–Crippen MR) is 125 cm³/mol. The zero-order valence-electron chi connectivity index (χ0n) is 18.7. The molecule has 1 aliphatic heterocycles. The molecule has 3 aromatic carbocycles. The summed E-state index contributed by atoms with van der Waals surface area (Å²) in [5, 5.41) is 17.1. The Morgan fingerprint density at radius 3 is 2.08 bits per heavy atom. The highest BCUT2D eigenvalue weighted by Gasteiger charge is 2.56. The van der Waals surface area contributed by atoms with Gasteiger partial charge in [0.15, 0.2) is 0 Å². The fourth-order valence-corrected chi connectivity index (χ4v) is 4.31. The van der Waals surface area contributed by atoms with Crippen molar-refractivity contribution in [2.75, 3.05) is 10.6 Å². The topological polar surface area (TPSA) is 125 Å². The first kappa shape index (κ1) is 23.2. The number of amides is 3. The largest absolute Gasteiger partial charge is 0.478 e. The van der Waals surface area contributed by atoms with Gasteiger partial charge in [0.1, 0.15) is 17.0 Å². The van der Waals surface area contributed by atoms with Gasteiger partial charge in [-0.2, -0.15) is 0 Å². The maximum atomic E-state index is 15.1. The average Bonchev–Trinajstić information content (AvgIpc) is 3.58. The lowest BCUT2D eigenvalue weighted by Crippen LogP contribution is -2.35. The van der Waals surface area contributed by atoms with Gasteiger partial charge in [-0.3, -0.25) is 14.4 Å². The van der Waals surface area contributed by atoms with Crippen molar-refractivity contribution in [1.29, 1.82) is 0 Å². The van der Waals surface area contributed by atoms with Gasteiger partial charge < -0.3 is 21.1 Å². The van der Waals surface area contributed by atoms with Gasteiger partial charge >= 0.3 is 5.97 Å². The third kappa shape index (κ3) is 3.96. The number of carbonyl (C=O) groups is 4. The highest BCUT2D eigenvalue weighted by molar-refractivity contribution is 6.17. The predicted octanol–water partition coefficient (Wildman–Crippen LogP) is 3.93. The maximum absolute atomic E-state index is 15.1. The number of carboxylic acids is 1. The molecular formula is C26H19F2N3O5. The van der Waals surface area contributed by atoms with Gasteiger partial charge in [0.2, 0.25) is 11.8 Å². The molecule has 1 aliphatic carbocycles. The molecule has 1 heterocycles. The van der Waals surface area contributed by atoms with Crippen molar-refractivity contribution in [1.82, 2.24) is 5.32 Å². The van der Waals surface area contributed by atoms with Crippen molar-refractivity contribution in [2.24, 2.45) is 5.41 Å². The van der Waals surface area contributed by atoms with Crippen LogP contribution in [0.4, 0.5) is 20.2 Å². The Morgan fingerprint density at radius 1 is 0.861 bits per heavy atom. The minimum Gasteiger partial charge on any atom is -0.478 e. The Kier molecular flexibility index (Phi) is 5.51. The van der Waals surface area contributed by atoms with E-state index in [1.807, 2.05) is 0 Å². The molecule has 4 N–H and O–H groups in total. The number of nitrogens with one attached hydrogen (secondary N) is 3. The number of hydrogen-bond acceptors (Lipinski definition) is 4. The molecule has 0 saturated heterocycles. The van der Waals surface area contributed by atoms with Gasteiger partial charge in [-0.05, 0) is 72.5 Å². The number of aromatic carboxylic acids is 1. The molecular weight excluding hydrogens is 472 g/mol. The number of carboxylic acid groups (broad SMARTS) is 1. The van der Waals surface area contributed by atoms with Gasteiger partial charge in [0.25, 0.3) is 5.91 Å². The second-order valence-corrected chi connectivity index (χ2v) is 8.69. The lowest BCUT2D eigenvalue weighted by Gasteiger charge is -2.16. The first-order chi connectivity index (χ1) is 17.2. The Labute approximate surface area is 203 Å². The van der Waals surface area contributed by atoms with E-state index >= 15 is 4.39 Å². The SMILES string of the molecule is O=C(O)c1ccc(-c2ccc(NC(=O)C3(C(=O)Nc4ccc(F)cc4)CC3)cc2F)c2c1C(=O)NC2. The summed E-state index contributed by atoms with van der Waals surface area (Å²) in [6.45, 7) is 0.0637. The molecule has 5 rings (SSSR count). The van der Waals surface area contributed by atoms with Crippen molar-refractivity contribution in [3.05, 3.63) is 82.9 Å². The minimum absolute atomic E-state index is 0.000351. The van der Waals surface area contributed by atoms with Crippen LogP contribution in [0.1, 0.15) is 39.1 Å². The smallest absolute Gasteiger partial charge is 0.336 e. The molecule has 0 atom stereocenters. The summed E-state index contributed by atoms with van der Waals surface area (Å²) in [6, 6.07) is 11.8. The highest BCUT2D eigenvalue weighted by atomic mass is 19.1. The van der Waals surface area contributed by atoms with Crippen LogP contribution in [0.15, 0.2) is 54.6 Å². The van der Waals surface area contributed by atoms with Gasteiger partial charge in [-0.25, -0.2) is 13.6 Å². The van der Waals surface area contributed by atoms with Gasteiger partial charge in [0, 0.05) is 23.5 Å². The monoisotopic (exact) mass is 491 g/mol. The Balaban J connectivity index is 1.36. The molecule has 0 bridgehead atoms. The first-order valence-corrected chi connectivity index (χ1v) is 11.1. The second kappa shape index (κ2) is 8.56. The fourth-order valence-electron chi connectivity index (χ4n) is 4.31. The zero-order valence-corrected chi connectivity index (χ0v) is 18.7. The van der Waals surface area contributed by atoms with Crippen LogP contribution in [0, 0.1) is 17.0 Å². The number of hydrogen-bond donors (Lipinski definition) is 4. The molecule has 2 aliphatic rings. The van der Waals surface area contributed by atoms with E-state index < -0.39 is 40.7 Å². The number of benzene rings is 3. The minimum atomic E-state index is -1.30. The van der Waals surface area contributed by atoms with Crippen molar-refractivity contribution >= 4 is 35.1 Å².